The van der Waals surface area contributed by atoms with Gasteiger partial charge in [0.05, 0.1) is 21.4 Å². The van der Waals surface area contributed by atoms with Crippen LogP contribution in [0.2, 0.25) is 15.1 Å². The van der Waals surface area contributed by atoms with Crippen molar-refractivity contribution in [2.75, 3.05) is 4.90 Å². The van der Waals surface area contributed by atoms with Gasteiger partial charge in [-0.3, -0.25) is 9.69 Å². The SMILES string of the molecule is CC(=O)N(c1nc(/C=C/C(=O)Oc2c(Cl)cc(Cl)cc2Cl)cs1)c1ccccc1F. The largest absolute Gasteiger partial charge is 0.420 e. The molecule has 0 aliphatic carbocycles. The van der Waals surface area contributed by atoms with Gasteiger partial charge in [0.2, 0.25) is 5.91 Å². The van der Waals surface area contributed by atoms with Crippen LogP contribution in [0.25, 0.3) is 6.08 Å². The number of aromatic nitrogens is 1. The second-order valence-corrected chi connectivity index (χ2v) is 7.90. The molecule has 0 fully saturated rings. The number of rotatable bonds is 5. The monoisotopic (exact) mass is 484 g/mol. The third-order valence-electron chi connectivity index (χ3n) is 3.67. The smallest absolute Gasteiger partial charge is 0.336 e. The predicted molar refractivity (Wildman–Crippen MR) is 117 cm³/mol. The summed E-state index contributed by atoms with van der Waals surface area (Å²) in [6.45, 7) is 1.31. The van der Waals surface area contributed by atoms with E-state index in [9.17, 15) is 14.0 Å². The second kappa shape index (κ2) is 9.57. The summed E-state index contributed by atoms with van der Waals surface area (Å²) in [5.74, 6) is -1.72. The molecule has 0 atom stereocenters. The van der Waals surface area contributed by atoms with Gasteiger partial charge in [0.1, 0.15) is 5.82 Å². The van der Waals surface area contributed by atoms with Crippen molar-refractivity contribution in [1.82, 2.24) is 4.98 Å². The lowest BCUT2D eigenvalue weighted by Gasteiger charge is -2.18. The first-order valence-electron chi connectivity index (χ1n) is 8.31. The first-order valence-corrected chi connectivity index (χ1v) is 10.3. The number of para-hydroxylation sites is 1. The Balaban J connectivity index is 1.78. The number of thiazole rings is 1. The number of hydrogen-bond donors (Lipinski definition) is 0. The molecule has 3 aromatic rings. The average molecular weight is 486 g/mol. The summed E-state index contributed by atoms with van der Waals surface area (Å²) >= 11 is 18.9. The van der Waals surface area contributed by atoms with E-state index < -0.39 is 17.7 Å². The molecule has 0 radical (unpaired) electrons. The predicted octanol–water partition coefficient (Wildman–Crippen LogP) is 6.55. The molecule has 1 aromatic heterocycles. The van der Waals surface area contributed by atoms with Gasteiger partial charge in [-0.15, -0.1) is 11.3 Å². The molecule has 5 nitrogen and oxygen atoms in total. The molecule has 0 aliphatic rings. The van der Waals surface area contributed by atoms with Crippen molar-refractivity contribution in [3.05, 3.63) is 74.4 Å². The molecular weight excluding hydrogens is 474 g/mol. The summed E-state index contributed by atoms with van der Waals surface area (Å²) in [5.41, 5.74) is 0.462. The van der Waals surface area contributed by atoms with Crippen LogP contribution < -0.4 is 9.64 Å². The highest BCUT2D eigenvalue weighted by molar-refractivity contribution is 7.14. The molecule has 3 rings (SSSR count). The first-order chi connectivity index (χ1) is 14.3. The van der Waals surface area contributed by atoms with Crippen LogP contribution in [-0.2, 0) is 9.59 Å². The minimum atomic E-state index is -0.742. The van der Waals surface area contributed by atoms with E-state index in [1.807, 2.05) is 0 Å². The number of carbonyl (C=O) groups excluding carboxylic acids is 2. The van der Waals surface area contributed by atoms with Crippen molar-refractivity contribution in [1.29, 1.82) is 0 Å². The second-order valence-electron chi connectivity index (χ2n) is 5.81. The number of benzene rings is 2. The van der Waals surface area contributed by atoms with Gasteiger partial charge in [0.25, 0.3) is 0 Å². The van der Waals surface area contributed by atoms with Gasteiger partial charge >= 0.3 is 5.97 Å². The fourth-order valence-electron chi connectivity index (χ4n) is 2.41. The van der Waals surface area contributed by atoms with Crippen LogP contribution in [0.5, 0.6) is 5.75 Å². The quantitative estimate of drug-likeness (QED) is 0.234. The van der Waals surface area contributed by atoms with E-state index in [0.717, 1.165) is 22.3 Å². The van der Waals surface area contributed by atoms with Crippen molar-refractivity contribution >= 4 is 74.9 Å². The topological polar surface area (TPSA) is 59.5 Å². The van der Waals surface area contributed by atoms with E-state index >= 15 is 0 Å². The molecule has 0 N–H and O–H groups in total. The third kappa shape index (κ3) is 5.17. The summed E-state index contributed by atoms with van der Waals surface area (Å²) < 4.78 is 19.3. The van der Waals surface area contributed by atoms with Gasteiger partial charge in [0, 0.05) is 23.4 Å². The zero-order valence-corrected chi connectivity index (χ0v) is 18.3. The van der Waals surface area contributed by atoms with Gasteiger partial charge in [-0.25, -0.2) is 14.2 Å². The van der Waals surface area contributed by atoms with Crippen molar-refractivity contribution < 1.29 is 18.7 Å². The van der Waals surface area contributed by atoms with E-state index in [1.165, 1.54) is 43.3 Å². The number of hydrogen-bond acceptors (Lipinski definition) is 5. The molecule has 0 bridgehead atoms. The van der Waals surface area contributed by atoms with Crippen LogP contribution in [0.15, 0.2) is 47.9 Å². The number of halogens is 4. The van der Waals surface area contributed by atoms with Crippen LogP contribution in [-0.4, -0.2) is 16.9 Å². The van der Waals surface area contributed by atoms with Gasteiger partial charge in [0.15, 0.2) is 10.9 Å². The summed E-state index contributed by atoms with van der Waals surface area (Å²) in [6, 6.07) is 8.66. The highest BCUT2D eigenvalue weighted by atomic mass is 35.5. The fourth-order valence-corrected chi connectivity index (χ4v) is 4.15. The number of anilines is 2. The Morgan fingerprint density at radius 3 is 2.47 bits per heavy atom. The third-order valence-corrected chi connectivity index (χ3v) is 5.29. The van der Waals surface area contributed by atoms with Gasteiger partial charge in [-0.1, -0.05) is 46.9 Å². The summed E-state index contributed by atoms with van der Waals surface area (Å²) in [7, 11) is 0. The zero-order valence-electron chi connectivity index (χ0n) is 15.2. The molecule has 0 spiro atoms. The number of nitrogens with zero attached hydrogens (tertiary/aromatic N) is 2. The number of esters is 1. The van der Waals surface area contributed by atoms with Gasteiger partial charge in [-0.2, -0.15) is 0 Å². The maximum absolute atomic E-state index is 14.1. The fraction of sp³-hybridized carbons (Fsp3) is 0.0500. The molecule has 2 aromatic carbocycles. The molecule has 154 valence electrons. The summed E-state index contributed by atoms with van der Waals surface area (Å²) in [5, 5.41) is 2.35. The van der Waals surface area contributed by atoms with E-state index in [2.05, 4.69) is 4.98 Å². The Bertz CT molecular complexity index is 1130. The first kappa shape index (κ1) is 22.2. The molecule has 10 heteroatoms. The van der Waals surface area contributed by atoms with E-state index in [1.54, 1.807) is 11.4 Å². The average Bonchev–Trinajstić information content (AvgIpc) is 3.13. The Morgan fingerprint density at radius 1 is 1.17 bits per heavy atom. The maximum Gasteiger partial charge on any atom is 0.336 e. The Hall–Kier alpha value is -2.45. The van der Waals surface area contributed by atoms with Gasteiger partial charge < -0.3 is 4.74 Å². The summed E-state index contributed by atoms with van der Waals surface area (Å²) in [6.07, 6.45) is 2.51. The Kier molecular flexibility index (Phi) is 7.10. The molecule has 0 unspecified atom stereocenters. The van der Waals surface area contributed by atoms with Gasteiger partial charge in [-0.05, 0) is 30.3 Å². The van der Waals surface area contributed by atoms with E-state index in [0.29, 0.717) is 10.7 Å². The van der Waals surface area contributed by atoms with Crippen LogP contribution in [0.4, 0.5) is 15.2 Å². The van der Waals surface area contributed by atoms with Crippen LogP contribution in [0.1, 0.15) is 12.6 Å². The lowest BCUT2D eigenvalue weighted by Crippen LogP contribution is -2.23. The normalized spacial score (nSPS) is 11.0. The lowest BCUT2D eigenvalue weighted by atomic mass is 10.3. The van der Waals surface area contributed by atoms with Crippen LogP contribution in [0.3, 0.4) is 0 Å². The Labute approximate surface area is 190 Å². The molecule has 0 aliphatic heterocycles. The lowest BCUT2D eigenvalue weighted by molar-refractivity contribution is -0.128. The molecule has 30 heavy (non-hydrogen) atoms. The van der Waals surface area contributed by atoms with Crippen molar-refractivity contribution in [3.63, 3.8) is 0 Å². The molecule has 1 heterocycles. The van der Waals surface area contributed by atoms with Crippen LogP contribution >= 0.6 is 46.1 Å². The molecular formula is C20H12Cl3FN2O3S. The summed E-state index contributed by atoms with van der Waals surface area (Å²) in [4.78, 5) is 29.6. The van der Waals surface area contributed by atoms with Crippen molar-refractivity contribution in [2.24, 2.45) is 0 Å². The number of amides is 1. The highest BCUT2D eigenvalue weighted by Gasteiger charge is 2.20. The number of carbonyl (C=O) groups is 2. The van der Waals surface area contributed by atoms with E-state index in [-0.39, 0.29) is 26.6 Å². The van der Waals surface area contributed by atoms with Crippen LogP contribution in [0, 0.1) is 5.82 Å². The molecule has 0 saturated carbocycles. The standard InChI is InChI=1S/C20H12Cl3FN2O3S/c1-11(27)26(17-5-3-2-4-16(17)24)20-25-13(10-30-20)6-7-18(28)29-19-14(22)8-12(21)9-15(19)23/h2-10H,1H3/b7-6+. The highest BCUT2D eigenvalue weighted by Crippen LogP contribution is 2.36. The minimum absolute atomic E-state index is 0.0151. The van der Waals surface area contributed by atoms with Crippen molar-refractivity contribution in [3.8, 4) is 5.75 Å². The minimum Gasteiger partial charge on any atom is -0.420 e. The Morgan fingerprint density at radius 2 is 1.83 bits per heavy atom. The zero-order chi connectivity index (χ0) is 21.8. The van der Waals surface area contributed by atoms with E-state index in [4.69, 9.17) is 39.5 Å². The number of ether oxygens (including phenoxy) is 1. The maximum atomic E-state index is 14.1. The molecule has 0 saturated heterocycles. The van der Waals surface area contributed by atoms with Crippen molar-refractivity contribution in [2.45, 2.75) is 6.92 Å². The molecule has 1 amide bonds.